The van der Waals surface area contributed by atoms with Crippen LogP contribution in [0, 0.1) is 0 Å². The molecule has 2 N–H and O–H groups in total. The van der Waals surface area contributed by atoms with Crippen LogP contribution < -0.4 is 5.73 Å². The van der Waals surface area contributed by atoms with Gasteiger partial charge in [0.05, 0.1) is 18.9 Å². The van der Waals surface area contributed by atoms with Gasteiger partial charge in [0.15, 0.2) is 0 Å². The van der Waals surface area contributed by atoms with Crippen molar-refractivity contribution < 1.29 is 4.74 Å². The molecule has 0 aromatic carbocycles. The minimum atomic E-state index is -0.227. The van der Waals surface area contributed by atoms with Gasteiger partial charge in [0, 0.05) is 18.8 Å². The van der Waals surface area contributed by atoms with Crippen LogP contribution in [0.2, 0.25) is 0 Å². The summed E-state index contributed by atoms with van der Waals surface area (Å²) in [4.78, 5) is 0. The molecule has 1 aromatic heterocycles. The third kappa shape index (κ3) is 3.47. The predicted molar refractivity (Wildman–Crippen MR) is 55.7 cm³/mol. The lowest BCUT2D eigenvalue weighted by atomic mass is 10.0. The van der Waals surface area contributed by atoms with Crippen LogP contribution in [-0.4, -0.2) is 21.9 Å². The third-order valence-corrected chi connectivity index (χ3v) is 2.26. The fraction of sp³-hybridized carbons (Fsp3) is 0.700. The Morgan fingerprint density at radius 3 is 2.86 bits per heavy atom. The van der Waals surface area contributed by atoms with E-state index in [1.54, 1.807) is 4.68 Å². The molecule has 0 aliphatic rings. The summed E-state index contributed by atoms with van der Waals surface area (Å²) in [6, 6.07) is 1.94. The number of ether oxygens (including phenoxy) is 1. The molecule has 80 valence electrons. The number of aryl methyl sites for hydroxylation is 1. The first-order valence-corrected chi connectivity index (χ1v) is 4.88. The van der Waals surface area contributed by atoms with E-state index in [1.807, 2.05) is 26.2 Å². The van der Waals surface area contributed by atoms with E-state index in [2.05, 4.69) is 12.0 Å². The van der Waals surface area contributed by atoms with Crippen LogP contribution in [-0.2, 0) is 18.4 Å². The second-order valence-corrected chi connectivity index (χ2v) is 3.98. The van der Waals surface area contributed by atoms with E-state index in [4.69, 9.17) is 10.5 Å². The molecule has 4 heteroatoms. The van der Waals surface area contributed by atoms with Gasteiger partial charge < -0.3 is 10.5 Å². The molecule has 0 amide bonds. The van der Waals surface area contributed by atoms with Crippen molar-refractivity contribution in [3.8, 4) is 0 Å². The standard InChI is InChI=1S/C10H19N3O/c1-4-10(2,11)8-14-7-9-5-6-13(3)12-9/h5-6H,4,7-8,11H2,1-3H3. The fourth-order valence-corrected chi connectivity index (χ4v) is 1.03. The Hall–Kier alpha value is -0.870. The molecule has 4 nitrogen and oxygen atoms in total. The largest absolute Gasteiger partial charge is 0.373 e. The average Bonchev–Trinajstić information content (AvgIpc) is 2.51. The van der Waals surface area contributed by atoms with Crippen LogP contribution in [0.4, 0.5) is 0 Å². The van der Waals surface area contributed by atoms with Gasteiger partial charge in [0.1, 0.15) is 0 Å². The van der Waals surface area contributed by atoms with Gasteiger partial charge >= 0.3 is 0 Å². The Bertz CT molecular complexity index is 281. The summed E-state index contributed by atoms with van der Waals surface area (Å²) in [6.07, 6.45) is 2.81. The lowest BCUT2D eigenvalue weighted by Crippen LogP contribution is -2.40. The maximum atomic E-state index is 5.93. The maximum absolute atomic E-state index is 5.93. The van der Waals surface area contributed by atoms with Gasteiger partial charge in [0.2, 0.25) is 0 Å². The Balaban J connectivity index is 2.28. The fourth-order valence-electron chi connectivity index (χ4n) is 1.03. The van der Waals surface area contributed by atoms with Crippen LogP contribution in [0.5, 0.6) is 0 Å². The molecule has 14 heavy (non-hydrogen) atoms. The van der Waals surface area contributed by atoms with E-state index in [0.29, 0.717) is 13.2 Å². The average molecular weight is 197 g/mol. The molecular formula is C10H19N3O. The molecule has 0 saturated heterocycles. The monoisotopic (exact) mass is 197 g/mol. The highest BCUT2D eigenvalue weighted by atomic mass is 16.5. The van der Waals surface area contributed by atoms with Crippen LogP contribution in [0.25, 0.3) is 0 Å². The summed E-state index contributed by atoms with van der Waals surface area (Å²) < 4.78 is 7.25. The van der Waals surface area contributed by atoms with Crippen LogP contribution >= 0.6 is 0 Å². The zero-order valence-corrected chi connectivity index (χ0v) is 9.16. The molecule has 1 unspecified atom stereocenters. The van der Waals surface area contributed by atoms with Crippen molar-refractivity contribution in [1.82, 2.24) is 9.78 Å². The Kier molecular flexibility index (Phi) is 3.66. The van der Waals surface area contributed by atoms with Crippen molar-refractivity contribution in [2.45, 2.75) is 32.4 Å². The molecule has 0 spiro atoms. The minimum absolute atomic E-state index is 0.227. The Labute approximate surface area is 85.0 Å². The quantitative estimate of drug-likeness (QED) is 0.768. The normalized spacial score (nSPS) is 15.4. The predicted octanol–water partition coefficient (Wildman–Crippen LogP) is 1.06. The van der Waals surface area contributed by atoms with Gasteiger partial charge in [0.25, 0.3) is 0 Å². The second-order valence-electron chi connectivity index (χ2n) is 3.98. The number of aromatic nitrogens is 2. The van der Waals surface area contributed by atoms with E-state index in [-0.39, 0.29) is 5.54 Å². The first-order valence-electron chi connectivity index (χ1n) is 4.88. The second kappa shape index (κ2) is 4.57. The van der Waals surface area contributed by atoms with Gasteiger partial charge in [-0.05, 0) is 19.4 Å². The van der Waals surface area contributed by atoms with Crippen molar-refractivity contribution in [3.63, 3.8) is 0 Å². The zero-order chi connectivity index (χ0) is 10.6. The van der Waals surface area contributed by atoms with E-state index >= 15 is 0 Å². The number of hydrogen-bond donors (Lipinski definition) is 1. The molecule has 1 aromatic rings. The van der Waals surface area contributed by atoms with Crippen molar-refractivity contribution in [1.29, 1.82) is 0 Å². The summed E-state index contributed by atoms with van der Waals surface area (Å²) in [5.41, 5.74) is 6.65. The topological polar surface area (TPSA) is 53.1 Å². The summed E-state index contributed by atoms with van der Waals surface area (Å²) in [5.74, 6) is 0. The number of hydrogen-bond acceptors (Lipinski definition) is 3. The van der Waals surface area contributed by atoms with Gasteiger partial charge in [-0.2, -0.15) is 5.10 Å². The molecule has 0 saturated carbocycles. The third-order valence-electron chi connectivity index (χ3n) is 2.26. The van der Waals surface area contributed by atoms with E-state index in [9.17, 15) is 0 Å². The smallest absolute Gasteiger partial charge is 0.0907 e. The molecule has 0 radical (unpaired) electrons. The zero-order valence-electron chi connectivity index (χ0n) is 9.16. The maximum Gasteiger partial charge on any atom is 0.0907 e. The highest BCUT2D eigenvalue weighted by molar-refractivity contribution is 4.96. The molecular weight excluding hydrogens is 178 g/mol. The molecule has 0 aliphatic heterocycles. The molecule has 0 aliphatic carbocycles. The molecule has 1 atom stereocenters. The summed E-state index contributed by atoms with van der Waals surface area (Å²) in [5, 5.41) is 4.21. The lowest BCUT2D eigenvalue weighted by molar-refractivity contribution is 0.0755. The highest BCUT2D eigenvalue weighted by Crippen LogP contribution is 2.06. The molecule has 1 heterocycles. The van der Waals surface area contributed by atoms with Crippen LogP contribution in [0.3, 0.4) is 0 Å². The number of nitrogens with zero attached hydrogens (tertiary/aromatic N) is 2. The minimum Gasteiger partial charge on any atom is -0.373 e. The van der Waals surface area contributed by atoms with Crippen LogP contribution in [0.1, 0.15) is 26.0 Å². The summed E-state index contributed by atoms with van der Waals surface area (Å²) in [6.45, 7) is 5.16. The van der Waals surface area contributed by atoms with Crippen molar-refractivity contribution in [3.05, 3.63) is 18.0 Å². The molecule has 0 bridgehead atoms. The summed E-state index contributed by atoms with van der Waals surface area (Å²) in [7, 11) is 1.89. The number of rotatable bonds is 5. The number of nitrogens with two attached hydrogens (primary N) is 1. The van der Waals surface area contributed by atoms with Gasteiger partial charge in [-0.25, -0.2) is 0 Å². The molecule has 0 fully saturated rings. The van der Waals surface area contributed by atoms with Gasteiger partial charge in [-0.3, -0.25) is 4.68 Å². The van der Waals surface area contributed by atoms with Gasteiger partial charge in [-0.1, -0.05) is 6.92 Å². The Morgan fingerprint density at radius 2 is 2.36 bits per heavy atom. The SMILES string of the molecule is CCC(C)(N)COCc1ccn(C)n1. The van der Waals surface area contributed by atoms with Crippen molar-refractivity contribution in [2.24, 2.45) is 12.8 Å². The lowest BCUT2D eigenvalue weighted by Gasteiger charge is -2.21. The van der Waals surface area contributed by atoms with Crippen molar-refractivity contribution in [2.75, 3.05) is 6.61 Å². The molecule has 1 rings (SSSR count). The Morgan fingerprint density at radius 1 is 1.64 bits per heavy atom. The van der Waals surface area contributed by atoms with E-state index in [1.165, 1.54) is 0 Å². The van der Waals surface area contributed by atoms with E-state index < -0.39 is 0 Å². The first kappa shape index (κ1) is 11.2. The highest BCUT2D eigenvalue weighted by Gasteiger charge is 2.15. The van der Waals surface area contributed by atoms with Crippen LogP contribution in [0.15, 0.2) is 12.3 Å². The van der Waals surface area contributed by atoms with Crippen molar-refractivity contribution >= 4 is 0 Å². The van der Waals surface area contributed by atoms with E-state index in [0.717, 1.165) is 12.1 Å². The summed E-state index contributed by atoms with van der Waals surface area (Å²) >= 11 is 0. The first-order chi connectivity index (χ1) is 6.53. The van der Waals surface area contributed by atoms with Gasteiger partial charge in [-0.15, -0.1) is 0 Å².